The molecule has 3 N–H and O–H groups in total. The van der Waals surface area contributed by atoms with Crippen LogP contribution in [0.2, 0.25) is 0 Å². The van der Waals surface area contributed by atoms with E-state index in [0.29, 0.717) is 10.9 Å². The van der Waals surface area contributed by atoms with Crippen LogP contribution in [-0.4, -0.2) is 39.3 Å². The lowest BCUT2D eigenvalue weighted by molar-refractivity contribution is -0.121. The monoisotopic (exact) mass is 348 g/mol. The molecule has 24 heavy (non-hydrogen) atoms. The van der Waals surface area contributed by atoms with Crippen molar-refractivity contribution in [1.29, 1.82) is 0 Å². The van der Waals surface area contributed by atoms with Crippen LogP contribution >= 0.6 is 11.8 Å². The van der Waals surface area contributed by atoms with Gasteiger partial charge in [0.05, 0.1) is 24.3 Å². The number of hydrogen-bond acceptors (Lipinski definition) is 5. The molecule has 0 saturated heterocycles. The Morgan fingerprint density at radius 2 is 1.96 bits per heavy atom. The summed E-state index contributed by atoms with van der Waals surface area (Å²) in [6.07, 6.45) is 1.50. The van der Waals surface area contributed by atoms with Gasteiger partial charge in [0.2, 0.25) is 11.8 Å². The molecular formula is C16H20N4O3S. The molecule has 1 aromatic carbocycles. The first-order valence-electron chi connectivity index (χ1n) is 7.38. The maximum absolute atomic E-state index is 12.0. The Morgan fingerprint density at radius 1 is 1.25 bits per heavy atom. The predicted octanol–water partition coefficient (Wildman–Crippen LogP) is 1.16. The average Bonchev–Trinajstić information content (AvgIpc) is 2.96. The van der Waals surface area contributed by atoms with E-state index < -0.39 is 0 Å². The highest BCUT2D eigenvalue weighted by Crippen LogP contribution is 2.19. The van der Waals surface area contributed by atoms with Crippen LogP contribution < -0.4 is 10.6 Å². The Balaban J connectivity index is 1.98. The van der Waals surface area contributed by atoms with Gasteiger partial charge in [-0.25, -0.2) is 4.98 Å². The lowest BCUT2D eigenvalue weighted by Crippen LogP contribution is -2.25. The van der Waals surface area contributed by atoms with Crippen molar-refractivity contribution < 1.29 is 14.7 Å². The number of hydrogen-bond donors (Lipinski definition) is 3. The number of carbonyl (C=O) groups is 2. The first-order chi connectivity index (χ1) is 11.5. The van der Waals surface area contributed by atoms with E-state index >= 15 is 0 Å². The summed E-state index contributed by atoms with van der Waals surface area (Å²) in [4.78, 5) is 27.8. The van der Waals surface area contributed by atoms with Gasteiger partial charge in [0, 0.05) is 12.7 Å². The normalized spacial score (nSPS) is 10.5. The summed E-state index contributed by atoms with van der Waals surface area (Å²) in [7, 11) is 1.54. The van der Waals surface area contributed by atoms with Crippen molar-refractivity contribution in [2.75, 3.05) is 18.1 Å². The Bertz CT molecular complexity index is 713. The van der Waals surface area contributed by atoms with Crippen molar-refractivity contribution in [3.63, 3.8) is 0 Å². The molecule has 0 aliphatic carbocycles. The third kappa shape index (κ3) is 4.84. The van der Waals surface area contributed by atoms with Crippen LogP contribution in [0.1, 0.15) is 11.3 Å². The molecule has 0 radical (unpaired) electrons. The number of aliphatic hydroxyl groups excluding tert-OH is 1. The number of carbonyl (C=O) groups excluding carboxylic acids is 2. The van der Waals surface area contributed by atoms with E-state index in [1.54, 1.807) is 11.6 Å². The maximum Gasteiger partial charge on any atom is 0.239 e. The van der Waals surface area contributed by atoms with Gasteiger partial charge in [-0.3, -0.25) is 9.59 Å². The van der Waals surface area contributed by atoms with Crippen molar-refractivity contribution in [3.8, 4) is 0 Å². The maximum atomic E-state index is 12.0. The molecule has 0 aliphatic heterocycles. The number of aryl methyl sites for hydroxylation is 1. The largest absolute Gasteiger partial charge is 0.390 e. The van der Waals surface area contributed by atoms with E-state index in [2.05, 4.69) is 15.6 Å². The molecule has 1 heterocycles. The smallest absolute Gasteiger partial charge is 0.239 e. The molecule has 2 amide bonds. The highest BCUT2D eigenvalue weighted by atomic mass is 32.2. The molecule has 0 saturated carbocycles. The molecule has 0 fully saturated rings. The standard InChI is InChI=1S/C16H20N4O3S/c1-11-3-5-12(6-4-11)19-15(23)10-24-16-18-7-13(9-21)20(16)8-14(22)17-2/h3-7,21H,8-10H2,1-2H3,(H,17,22)(H,19,23). The number of benzene rings is 1. The first kappa shape index (κ1) is 18.0. The summed E-state index contributed by atoms with van der Waals surface area (Å²) in [6.45, 7) is 1.81. The van der Waals surface area contributed by atoms with Gasteiger partial charge in [-0.1, -0.05) is 29.5 Å². The molecule has 0 atom stereocenters. The SMILES string of the molecule is CNC(=O)Cn1c(CO)cnc1SCC(=O)Nc1ccc(C)cc1. The van der Waals surface area contributed by atoms with Crippen LogP contribution in [0.25, 0.3) is 0 Å². The van der Waals surface area contributed by atoms with Crippen molar-refractivity contribution in [3.05, 3.63) is 41.7 Å². The molecule has 1 aromatic heterocycles. The Labute approximate surface area is 144 Å². The predicted molar refractivity (Wildman–Crippen MR) is 92.7 cm³/mol. The van der Waals surface area contributed by atoms with Crippen LogP contribution in [0, 0.1) is 6.92 Å². The van der Waals surface area contributed by atoms with E-state index in [1.807, 2.05) is 31.2 Å². The zero-order valence-electron chi connectivity index (χ0n) is 13.6. The fourth-order valence-electron chi connectivity index (χ4n) is 1.99. The summed E-state index contributed by atoms with van der Waals surface area (Å²) in [5.41, 5.74) is 2.38. The number of imidazole rings is 1. The van der Waals surface area contributed by atoms with E-state index in [1.165, 1.54) is 18.0 Å². The molecule has 0 bridgehead atoms. The lowest BCUT2D eigenvalue weighted by atomic mass is 10.2. The van der Waals surface area contributed by atoms with Crippen LogP contribution in [0.5, 0.6) is 0 Å². The van der Waals surface area contributed by atoms with Gasteiger partial charge in [0.1, 0.15) is 6.54 Å². The molecule has 0 spiro atoms. The van der Waals surface area contributed by atoms with E-state index in [0.717, 1.165) is 11.3 Å². The minimum absolute atomic E-state index is 0.0499. The van der Waals surface area contributed by atoms with Gasteiger partial charge >= 0.3 is 0 Å². The van der Waals surface area contributed by atoms with Gasteiger partial charge in [-0.2, -0.15) is 0 Å². The molecule has 0 unspecified atom stereocenters. The minimum atomic E-state index is -0.222. The van der Waals surface area contributed by atoms with Gasteiger partial charge < -0.3 is 20.3 Å². The number of nitrogens with one attached hydrogen (secondary N) is 2. The average molecular weight is 348 g/mol. The highest BCUT2D eigenvalue weighted by Gasteiger charge is 2.14. The quantitative estimate of drug-likeness (QED) is 0.653. The topological polar surface area (TPSA) is 96.2 Å². The van der Waals surface area contributed by atoms with Gasteiger partial charge in [-0.05, 0) is 19.1 Å². The van der Waals surface area contributed by atoms with Gasteiger partial charge in [-0.15, -0.1) is 0 Å². The van der Waals surface area contributed by atoms with Crippen LogP contribution in [0.15, 0.2) is 35.6 Å². The summed E-state index contributed by atoms with van der Waals surface area (Å²) >= 11 is 1.21. The number of aliphatic hydroxyl groups is 1. The molecule has 128 valence electrons. The number of anilines is 1. The second-order valence-electron chi connectivity index (χ2n) is 5.15. The summed E-state index contributed by atoms with van der Waals surface area (Å²) in [6, 6.07) is 7.53. The van der Waals surface area contributed by atoms with Crippen molar-refractivity contribution in [1.82, 2.24) is 14.9 Å². The number of amides is 2. The Kier molecular flexibility index (Phi) is 6.39. The van der Waals surface area contributed by atoms with E-state index in [4.69, 9.17) is 0 Å². The van der Waals surface area contributed by atoms with Crippen molar-refractivity contribution in [2.45, 2.75) is 25.2 Å². The number of likely N-dealkylation sites (N-methyl/N-ethyl adjacent to an activating group) is 1. The fraction of sp³-hybridized carbons (Fsp3) is 0.312. The van der Waals surface area contributed by atoms with Crippen molar-refractivity contribution >= 4 is 29.3 Å². The number of thioether (sulfide) groups is 1. The van der Waals surface area contributed by atoms with Crippen LogP contribution in [-0.2, 0) is 22.7 Å². The summed E-state index contributed by atoms with van der Waals surface area (Å²) < 4.78 is 1.60. The lowest BCUT2D eigenvalue weighted by Gasteiger charge is -2.10. The van der Waals surface area contributed by atoms with Crippen LogP contribution in [0.4, 0.5) is 5.69 Å². The Morgan fingerprint density at radius 3 is 2.58 bits per heavy atom. The van der Waals surface area contributed by atoms with Gasteiger partial charge in [0.25, 0.3) is 0 Å². The fourth-order valence-corrected chi connectivity index (χ4v) is 2.79. The number of aromatic nitrogens is 2. The second-order valence-corrected chi connectivity index (χ2v) is 6.09. The number of rotatable bonds is 7. The van der Waals surface area contributed by atoms with Gasteiger partial charge in [0.15, 0.2) is 5.16 Å². The molecule has 2 aromatic rings. The molecular weight excluding hydrogens is 328 g/mol. The number of nitrogens with zero attached hydrogens (tertiary/aromatic N) is 2. The van der Waals surface area contributed by atoms with E-state index in [-0.39, 0.29) is 30.7 Å². The zero-order valence-corrected chi connectivity index (χ0v) is 14.4. The minimum Gasteiger partial charge on any atom is -0.390 e. The molecule has 2 rings (SSSR count). The summed E-state index contributed by atoms with van der Waals surface area (Å²) in [5.74, 6) is -0.207. The van der Waals surface area contributed by atoms with Crippen molar-refractivity contribution in [2.24, 2.45) is 0 Å². The molecule has 0 aliphatic rings. The highest BCUT2D eigenvalue weighted by molar-refractivity contribution is 7.99. The van der Waals surface area contributed by atoms with Crippen LogP contribution in [0.3, 0.4) is 0 Å². The third-order valence-electron chi connectivity index (χ3n) is 3.31. The second kappa shape index (κ2) is 8.51. The Hall–Kier alpha value is -2.32. The molecule has 8 heteroatoms. The first-order valence-corrected chi connectivity index (χ1v) is 8.37. The summed E-state index contributed by atoms with van der Waals surface area (Å²) in [5, 5.41) is 15.2. The molecule has 7 nitrogen and oxygen atoms in total. The zero-order chi connectivity index (χ0) is 17.5. The van der Waals surface area contributed by atoms with E-state index in [9.17, 15) is 14.7 Å². The third-order valence-corrected chi connectivity index (χ3v) is 4.30.